The summed E-state index contributed by atoms with van der Waals surface area (Å²) in [6.07, 6.45) is 3.71. The third-order valence-electron chi connectivity index (χ3n) is 6.24. The molecule has 1 aliphatic rings. The van der Waals surface area contributed by atoms with Gasteiger partial charge in [0.15, 0.2) is 0 Å². The number of piperidine rings is 1. The lowest BCUT2D eigenvalue weighted by molar-refractivity contribution is 0.0972. The van der Waals surface area contributed by atoms with Gasteiger partial charge in [-0.2, -0.15) is 0 Å². The Hall–Kier alpha value is -3.36. The molecule has 1 saturated heterocycles. The van der Waals surface area contributed by atoms with E-state index < -0.39 is 0 Å². The van der Waals surface area contributed by atoms with Crippen molar-refractivity contribution in [1.29, 1.82) is 0 Å². The highest BCUT2D eigenvalue weighted by molar-refractivity contribution is 7.14. The van der Waals surface area contributed by atoms with E-state index in [9.17, 15) is 4.79 Å². The van der Waals surface area contributed by atoms with Gasteiger partial charge in [0.25, 0.3) is 5.91 Å². The number of nitrogens with one attached hydrogen (secondary N) is 1. The Morgan fingerprint density at radius 1 is 1.15 bits per heavy atom. The molecular weight excluding hydrogens is 446 g/mol. The maximum absolute atomic E-state index is 14.0. The lowest BCUT2D eigenvalue weighted by Crippen LogP contribution is -2.49. The summed E-state index contributed by atoms with van der Waals surface area (Å²) in [6.45, 7) is 5.68. The van der Waals surface area contributed by atoms with Crippen molar-refractivity contribution in [2.45, 2.75) is 32.7 Å². The summed E-state index contributed by atoms with van der Waals surface area (Å²) in [6, 6.07) is 13.6. The molecule has 2 aromatic heterocycles. The van der Waals surface area contributed by atoms with Gasteiger partial charge in [-0.3, -0.25) is 9.69 Å². The van der Waals surface area contributed by atoms with Gasteiger partial charge in [-0.15, -0.1) is 10.2 Å². The number of methoxy groups -OCH3 is 1. The lowest BCUT2D eigenvalue weighted by atomic mass is 10.0. The van der Waals surface area contributed by atoms with Gasteiger partial charge in [-0.1, -0.05) is 23.5 Å². The van der Waals surface area contributed by atoms with Crippen LogP contribution in [0.3, 0.4) is 0 Å². The fraction of sp³-hybridized carbons (Fsp3) is 0.308. The third-order valence-corrected chi connectivity index (χ3v) is 7.13. The molecule has 1 fully saturated rings. The van der Waals surface area contributed by atoms with Crippen LogP contribution in [0.15, 0.2) is 48.7 Å². The molecule has 2 aromatic carbocycles. The van der Waals surface area contributed by atoms with Crippen LogP contribution < -0.4 is 15.0 Å². The van der Waals surface area contributed by atoms with E-state index in [1.54, 1.807) is 24.6 Å². The Kier molecular flexibility index (Phi) is 6.26. The second-order valence-corrected chi connectivity index (χ2v) is 9.74. The fourth-order valence-electron chi connectivity index (χ4n) is 4.57. The summed E-state index contributed by atoms with van der Waals surface area (Å²) < 4.78 is 5.47. The largest absolute Gasteiger partial charge is 0.497 e. The predicted molar refractivity (Wildman–Crippen MR) is 136 cm³/mol. The van der Waals surface area contributed by atoms with Crippen LogP contribution >= 0.6 is 11.3 Å². The maximum Gasteiger partial charge on any atom is 0.259 e. The molecule has 0 saturated carbocycles. The van der Waals surface area contributed by atoms with Crippen molar-refractivity contribution in [3.63, 3.8) is 0 Å². The number of rotatable bonds is 5. The molecule has 1 amide bonds. The first-order valence-corrected chi connectivity index (χ1v) is 12.2. The average Bonchev–Trinajstić information content (AvgIpc) is 3.31. The molecule has 5 rings (SSSR count). The molecule has 0 unspecified atom stereocenters. The Bertz CT molecular complexity index is 1330. The van der Waals surface area contributed by atoms with Crippen LogP contribution in [0.2, 0.25) is 0 Å². The summed E-state index contributed by atoms with van der Waals surface area (Å²) in [7, 11) is 1.67. The zero-order valence-electron chi connectivity index (χ0n) is 19.5. The van der Waals surface area contributed by atoms with Crippen molar-refractivity contribution in [2.24, 2.45) is 0 Å². The van der Waals surface area contributed by atoms with Crippen LogP contribution in [0.25, 0.3) is 21.3 Å². The Labute approximate surface area is 202 Å². The minimum atomic E-state index is -0.0519. The van der Waals surface area contributed by atoms with Crippen LogP contribution in [0.5, 0.6) is 5.75 Å². The van der Waals surface area contributed by atoms with Crippen molar-refractivity contribution in [1.82, 2.24) is 20.5 Å². The minimum Gasteiger partial charge on any atom is -0.497 e. The van der Waals surface area contributed by atoms with Crippen molar-refractivity contribution in [3.05, 3.63) is 64.8 Å². The van der Waals surface area contributed by atoms with E-state index in [-0.39, 0.29) is 11.9 Å². The van der Waals surface area contributed by atoms with E-state index in [1.165, 1.54) is 0 Å². The van der Waals surface area contributed by atoms with Crippen LogP contribution in [0.4, 0.5) is 5.82 Å². The van der Waals surface area contributed by atoms with Gasteiger partial charge < -0.3 is 10.1 Å². The molecule has 0 spiro atoms. The topological polar surface area (TPSA) is 80.2 Å². The molecule has 3 heterocycles. The third kappa shape index (κ3) is 4.26. The van der Waals surface area contributed by atoms with E-state index >= 15 is 0 Å². The van der Waals surface area contributed by atoms with Crippen LogP contribution in [-0.2, 0) is 0 Å². The monoisotopic (exact) mass is 473 g/mol. The lowest BCUT2D eigenvalue weighted by Gasteiger charge is -2.35. The summed E-state index contributed by atoms with van der Waals surface area (Å²) in [4.78, 5) is 20.6. The number of amides is 1. The highest BCUT2D eigenvalue weighted by atomic mass is 32.1. The van der Waals surface area contributed by atoms with E-state index in [0.29, 0.717) is 11.4 Å². The number of pyridine rings is 1. The zero-order chi connectivity index (χ0) is 23.7. The highest BCUT2D eigenvalue weighted by Gasteiger charge is 2.30. The molecule has 7 nitrogen and oxygen atoms in total. The van der Waals surface area contributed by atoms with Crippen LogP contribution in [0.1, 0.15) is 33.8 Å². The highest BCUT2D eigenvalue weighted by Crippen LogP contribution is 2.34. The number of benzene rings is 2. The summed E-state index contributed by atoms with van der Waals surface area (Å²) in [5, 5.41) is 15.5. The first-order valence-electron chi connectivity index (χ1n) is 11.4. The van der Waals surface area contributed by atoms with E-state index in [2.05, 4.69) is 15.5 Å². The molecule has 34 heavy (non-hydrogen) atoms. The van der Waals surface area contributed by atoms with Crippen LogP contribution in [-0.4, -0.2) is 47.3 Å². The SMILES string of the molecule is COc1cc(C)c2c(N(C(=O)c3ccc(-c4nnc(C)s4)cc3)[C@@H]3CCCNC3)nccc2c1. The number of carbonyl (C=O) groups is 1. The number of carbonyl (C=O) groups excluding carboxylic acids is 1. The van der Waals surface area contributed by atoms with Gasteiger partial charge in [0.2, 0.25) is 0 Å². The quantitative estimate of drug-likeness (QED) is 0.449. The first-order chi connectivity index (χ1) is 16.5. The number of ether oxygens (including phenoxy) is 1. The molecule has 1 aliphatic heterocycles. The Balaban J connectivity index is 1.58. The van der Waals surface area contributed by atoms with E-state index in [0.717, 1.165) is 63.6 Å². The normalized spacial score (nSPS) is 15.9. The molecule has 0 aliphatic carbocycles. The first kappa shape index (κ1) is 22.4. The number of hydrogen-bond donors (Lipinski definition) is 1. The fourth-order valence-corrected chi connectivity index (χ4v) is 5.26. The van der Waals surface area contributed by atoms with Crippen molar-refractivity contribution < 1.29 is 9.53 Å². The number of aryl methyl sites for hydroxylation is 2. The van der Waals surface area contributed by atoms with Gasteiger partial charge >= 0.3 is 0 Å². The van der Waals surface area contributed by atoms with Gasteiger partial charge in [0, 0.05) is 29.3 Å². The molecular formula is C26H27N5O2S. The predicted octanol–water partition coefficient (Wildman–Crippen LogP) is 4.78. The standard InChI is InChI=1S/C26H27N5O2S/c1-16-13-22(33-3)14-20-10-12-28-24(23(16)20)31(21-5-4-11-27-15-21)26(32)19-8-6-18(7-9-19)25-30-29-17(2)34-25/h6-10,12-14,21,27H,4-5,11,15H2,1-3H3/t21-/m1/s1. The summed E-state index contributed by atoms with van der Waals surface area (Å²) >= 11 is 1.54. The van der Waals surface area contributed by atoms with Crippen molar-refractivity contribution >= 4 is 33.8 Å². The van der Waals surface area contributed by atoms with Gasteiger partial charge in [0.05, 0.1) is 13.2 Å². The van der Waals surface area contributed by atoms with Gasteiger partial charge in [0.1, 0.15) is 21.6 Å². The molecule has 8 heteroatoms. The van der Waals surface area contributed by atoms with E-state index in [4.69, 9.17) is 9.72 Å². The molecule has 0 bridgehead atoms. The zero-order valence-corrected chi connectivity index (χ0v) is 20.4. The second-order valence-electron chi connectivity index (χ2n) is 8.56. The number of hydrogen-bond acceptors (Lipinski definition) is 7. The van der Waals surface area contributed by atoms with Gasteiger partial charge in [-0.05, 0) is 74.5 Å². The van der Waals surface area contributed by atoms with Gasteiger partial charge in [-0.25, -0.2) is 4.98 Å². The Morgan fingerprint density at radius 2 is 1.97 bits per heavy atom. The molecule has 1 atom stereocenters. The maximum atomic E-state index is 14.0. The van der Waals surface area contributed by atoms with Crippen molar-refractivity contribution in [2.75, 3.05) is 25.1 Å². The number of nitrogens with zero attached hydrogens (tertiary/aromatic N) is 4. The second kappa shape index (κ2) is 9.48. The van der Waals surface area contributed by atoms with Crippen molar-refractivity contribution in [3.8, 4) is 16.3 Å². The number of anilines is 1. The smallest absolute Gasteiger partial charge is 0.259 e. The molecule has 4 aromatic rings. The minimum absolute atomic E-state index is 0.0198. The number of fused-ring (bicyclic) bond motifs is 1. The van der Waals surface area contributed by atoms with E-state index in [1.807, 2.05) is 61.2 Å². The molecule has 1 N–H and O–H groups in total. The Morgan fingerprint density at radius 3 is 2.65 bits per heavy atom. The average molecular weight is 474 g/mol. The summed E-state index contributed by atoms with van der Waals surface area (Å²) in [5.41, 5.74) is 2.61. The van der Waals surface area contributed by atoms with Crippen LogP contribution in [0, 0.1) is 13.8 Å². The molecule has 174 valence electrons. The summed E-state index contributed by atoms with van der Waals surface area (Å²) in [5.74, 6) is 1.44. The number of aromatic nitrogens is 3. The molecule has 0 radical (unpaired) electrons.